The summed E-state index contributed by atoms with van der Waals surface area (Å²) in [7, 11) is -4.04. The van der Waals surface area contributed by atoms with E-state index in [2.05, 4.69) is 15.1 Å². The van der Waals surface area contributed by atoms with Crippen LogP contribution in [0.4, 0.5) is 5.82 Å². The van der Waals surface area contributed by atoms with Crippen molar-refractivity contribution in [1.82, 2.24) is 19.7 Å². The number of nitrogens with two attached hydrogens (primary N) is 2. The largest absolute Gasteiger partial charge is 0.384 e. The fourth-order valence-corrected chi connectivity index (χ4v) is 4.84. The van der Waals surface area contributed by atoms with E-state index in [9.17, 15) is 8.42 Å². The van der Waals surface area contributed by atoms with Crippen LogP contribution in [0.1, 0.15) is 11.3 Å². The van der Waals surface area contributed by atoms with Gasteiger partial charge in [0.1, 0.15) is 5.82 Å². The Morgan fingerprint density at radius 1 is 0.967 bits per heavy atom. The molecule has 0 radical (unpaired) electrons. The van der Waals surface area contributed by atoms with E-state index in [0.29, 0.717) is 0 Å². The summed E-state index contributed by atoms with van der Waals surface area (Å²) in [5.41, 5.74) is 14.2. The Hall–Kier alpha value is -3.56. The summed E-state index contributed by atoms with van der Waals surface area (Å²) in [5, 5.41) is 4.19. The summed E-state index contributed by atoms with van der Waals surface area (Å²) >= 11 is 0. The highest BCUT2D eigenvalue weighted by atomic mass is 32.2. The van der Waals surface area contributed by atoms with Gasteiger partial charge in [0.05, 0.1) is 16.3 Å². The van der Waals surface area contributed by atoms with Gasteiger partial charge in [0.25, 0.3) is 0 Å². The fourth-order valence-electron chi connectivity index (χ4n) is 3.22. The number of pyridine rings is 2. The SMILES string of the molecule is Nc1cccc(C(N)(Cc2ccc(-n3cccn3)cc2)S(=O)(=O)c2cccnc2)n1. The molecule has 9 heteroatoms. The number of nitrogens with zero attached hydrogens (tertiary/aromatic N) is 4. The summed E-state index contributed by atoms with van der Waals surface area (Å²) < 4.78 is 28.8. The van der Waals surface area contributed by atoms with Crippen molar-refractivity contribution < 1.29 is 8.42 Å². The zero-order valence-electron chi connectivity index (χ0n) is 16.0. The molecule has 4 aromatic rings. The zero-order chi connectivity index (χ0) is 21.2. The first-order chi connectivity index (χ1) is 14.4. The van der Waals surface area contributed by atoms with E-state index < -0.39 is 14.7 Å². The molecule has 0 aliphatic carbocycles. The predicted octanol–water partition coefficient (Wildman–Crippen LogP) is 2.07. The molecule has 4 rings (SSSR count). The average molecular weight is 420 g/mol. The Bertz CT molecular complexity index is 1240. The molecular weight excluding hydrogens is 400 g/mol. The standard InChI is InChI=1S/C21H20N6O2S/c22-20-6-1-5-19(26-20)21(23,30(28,29)18-4-2-11-24-15-18)14-16-7-9-17(10-8-16)27-13-3-12-25-27/h1-13,15H,14,23H2,(H2,22,26). The molecule has 0 spiro atoms. The highest BCUT2D eigenvalue weighted by molar-refractivity contribution is 7.92. The van der Waals surface area contributed by atoms with Gasteiger partial charge in [-0.2, -0.15) is 5.10 Å². The van der Waals surface area contributed by atoms with Crippen LogP contribution < -0.4 is 11.5 Å². The number of nitrogen functional groups attached to an aromatic ring is 1. The Morgan fingerprint density at radius 3 is 2.40 bits per heavy atom. The maximum atomic E-state index is 13.6. The van der Waals surface area contributed by atoms with Crippen molar-refractivity contribution in [1.29, 1.82) is 0 Å². The molecule has 1 atom stereocenters. The monoisotopic (exact) mass is 420 g/mol. The van der Waals surface area contributed by atoms with Crippen LogP contribution in [0, 0.1) is 0 Å². The van der Waals surface area contributed by atoms with Crippen LogP contribution in [0.25, 0.3) is 5.69 Å². The first-order valence-electron chi connectivity index (χ1n) is 9.16. The second-order valence-electron chi connectivity index (χ2n) is 6.82. The van der Waals surface area contributed by atoms with E-state index in [1.807, 2.05) is 36.5 Å². The molecule has 0 fully saturated rings. The number of hydrogen-bond acceptors (Lipinski definition) is 7. The van der Waals surface area contributed by atoms with Gasteiger partial charge >= 0.3 is 0 Å². The van der Waals surface area contributed by atoms with Gasteiger partial charge in [0, 0.05) is 31.2 Å². The number of sulfone groups is 1. The summed E-state index contributed by atoms with van der Waals surface area (Å²) in [5.74, 6) is 0.192. The molecule has 0 bridgehead atoms. The normalized spacial score (nSPS) is 13.6. The average Bonchev–Trinajstić information content (AvgIpc) is 3.30. The first-order valence-corrected chi connectivity index (χ1v) is 10.6. The van der Waals surface area contributed by atoms with Crippen LogP contribution >= 0.6 is 0 Å². The number of anilines is 1. The Kier molecular flexibility index (Phi) is 5.06. The van der Waals surface area contributed by atoms with Gasteiger partial charge in [-0.15, -0.1) is 0 Å². The van der Waals surface area contributed by atoms with Crippen LogP contribution in [-0.2, 0) is 21.1 Å². The summed E-state index contributed by atoms with van der Waals surface area (Å²) in [6, 6.07) is 17.0. The minimum Gasteiger partial charge on any atom is -0.384 e. The second-order valence-corrected chi connectivity index (χ2v) is 9.03. The molecule has 4 N–H and O–H groups in total. The zero-order valence-corrected chi connectivity index (χ0v) is 16.8. The number of benzene rings is 1. The van der Waals surface area contributed by atoms with Crippen molar-refractivity contribution in [3.63, 3.8) is 0 Å². The Balaban J connectivity index is 1.78. The smallest absolute Gasteiger partial charge is 0.204 e. The minimum atomic E-state index is -4.04. The Morgan fingerprint density at radius 2 is 1.77 bits per heavy atom. The van der Waals surface area contributed by atoms with Crippen LogP contribution in [0.3, 0.4) is 0 Å². The van der Waals surface area contributed by atoms with Crippen molar-refractivity contribution in [2.75, 3.05) is 5.73 Å². The molecule has 1 unspecified atom stereocenters. The van der Waals surface area contributed by atoms with Crippen LogP contribution in [0.15, 0.2) is 90.3 Å². The second kappa shape index (κ2) is 7.69. The molecule has 0 saturated carbocycles. The predicted molar refractivity (Wildman–Crippen MR) is 113 cm³/mol. The van der Waals surface area contributed by atoms with E-state index in [4.69, 9.17) is 11.5 Å². The number of rotatable bonds is 6. The lowest BCUT2D eigenvalue weighted by Gasteiger charge is -2.29. The van der Waals surface area contributed by atoms with E-state index in [1.165, 1.54) is 18.5 Å². The fraction of sp³-hybridized carbons (Fsp3) is 0.0952. The highest BCUT2D eigenvalue weighted by Gasteiger charge is 2.44. The molecule has 1 aromatic carbocycles. The van der Waals surface area contributed by atoms with Crippen LogP contribution in [-0.4, -0.2) is 28.2 Å². The summed E-state index contributed by atoms with van der Waals surface area (Å²) in [6.07, 6.45) is 6.30. The van der Waals surface area contributed by atoms with Gasteiger partial charge in [0.2, 0.25) is 9.84 Å². The lowest BCUT2D eigenvalue weighted by atomic mass is 10.0. The molecule has 0 aliphatic rings. The van der Waals surface area contributed by atoms with E-state index in [1.54, 1.807) is 35.1 Å². The van der Waals surface area contributed by atoms with E-state index >= 15 is 0 Å². The van der Waals surface area contributed by atoms with Crippen molar-refractivity contribution in [2.45, 2.75) is 16.2 Å². The summed E-state index contributed by atoms with van der Waals surface area (Å²) in [4.78, 5) is 6.35. The van der Waals surface area contributed by atoms with Crippen molar-refractivity contribution in [3.05, 3.63) is 96.7 Å². The first kappa shape index (κ1) is 19.7. The maximum absolute atomic E-state index is 13.6. The lowest BCUT2D eigenvalue weighted by Crippen LogP contribution is -2.47. The lowest BCUT2D eigenvalue weighted by molar-refractivity contribution is 0.515. The molecule has 0 amide bonds. The van der Waals surface area contributed by atoms with Gasteiger partial charge in [-0.05, 0) is 48.0 Å². The third kappa shape index (κ3) is 3.56. The third-order valence-corrected chi connectivity index (χ3v) is 6.98. The van der Waals surface area contributed by atoms with Crippen molar-refractivity contribution in [2.24, 2.45) is 5.73 Å². The molecule has 8 nitrogen and oxygen atoms in total. The number of aromatic nitrogens is 4. The van der Waals surface area contributed by atoms with Crippen LogP contribution in [0.5, 0.6) is 0 Å². The molecule has 3 aromatic heterocycles. The van der Waals surface area contributed by atoms with Crippen molar-refractivity contribution >= 4 is 15.7 Å². The van der Waals surface area contributed by atoms with Gasteiger partial charge in [-0.25, -0.2) is 18.1 Å². The molecule has 0 saturated heterocycles. The highest BCUT2D eigenvalue weighted by Crippen LogP contribution is 2.33. The molecule has 0 aliphatic heterocycles. The molecule has 30 heavy (non-hydrogen) atoms. The van der Waals surface area contributed by atoms with E-state index in [0.717, 1.165) is 11.3 Å². The summed E-state index contributed by atoms with van der Waals surface area (Å²) in [6.45, 7) is 0. The number of hydrogen-bond donors (Lipinski definition) is 2. The minimum absolute atomic E-state index is 0.0000676. The van der Waals surface area contributed by atoms with Crippen molar-refractivity contribution in [3.8, 4) is 5.69 Å². The van der Waals surface area contributed by atoms with Gasteiger partial charge in [-0.3, -0.25) is 4.98 Å². The van der Waals surface area contributed by atoms with Crippen LogP contribution in [0.2, 0.25) is 0 Å². The third-order valence-electron chi connectivity index (χ3n) is 4.80. The Labute approximate surface area is 174 Å². The topological polar surface area (TPSA) is 130 Å². The molecule has 152 valence electrons. The van der Waals surface area contributed by atoms with E-state index in [-0.39, 0.29) is 22.8 Å². The molecular formula is C21H20N6O2S. The van der Waals surface area contributed by atoms with Gasteiger partial charge < -0.3 is 11.5 Å². The van der Waals surface area contributed by atoms with Gasteiger partial charge in [0.15, 0.2) is 4.87 Å². The molecule has 3 heterocycles. The quantitative estimate of drug-likeness (QED) is 0.488. The maximum Gasteiger partial charge on any atom is 0.204 e. The van der Waals surface area contributed by atoms with Gasteiger partial charge in [-0.1, -0.05) is 18.2 Å².